The molecule has 3 rings (SSSR count). The topological polar surface area (TPSA) is 83.4 Å². The molecule has 0 bridgehead atoms. The van der Waals surface area contributed by atoms with Crippen molar-refractivity contribution in [2.24, 2.45) is 0 Å². The molecule has 1 N–H and O–H groups in total. The van der Waals surface area contributed by atoms with E-state index in [1.54, 1.807) is 18.5 Å². The summed E-state index contributed by atoms with van der Waals surface area (Å²) < 4.78 is 0.369. The van der Waals surface area contributed by atoms with Gasteiger partial charge in [0.2, 0.25) is 0 Å². The number of amides is 1. The highest BCUT2D eigenvalue weighted by atomic mass is 32.2. The molecule has 23 heavy (non-hydrogen) atoms. The number of carbonyl (C=O) groups excluding carboxylic acids is 1. The Labute approximate surface area is 141 Å². The normalized spacial score (nSPS) is 16.5. The molecule has 0 unspecified atom stereocenters. The summed E-state index contributed by atoms with van der Waals surface area (Å²) in [4.78, 5) is 33.4. The fourth-order valence-corrected chi connectivity index (χ4v) is 3.47. The summed E-state index contributed by atoms with van der Waals surface area (Å²) >= 11 is 6.33. The second-order valence-electron chi connectivity index (χ2n) is 4.75. The summed E-state index contributed by atoms with van der Waals surface area (Å²) in [5, 5.41) is 8.75. The number of para-hydroxylation sites is 1. The number of rotatable bonds is 4. The Bertz CT molecular complexity index is 845. The van der Waals surface area contributed by atoms with Gasteiger partial charge in [0.15, 0.2) is 0 Å². The average Bonchev–Trinajstić information content (AvgIpc) is 2.79. The molecular formula is C15H11N3O3S2. The van der Waals surface area contributed by atoms with Crippen molar-refractivity contribution >= 4 is 57.3 Å². The van der Waals surface area contributed by atoms with Crippen molar-refractivity contribution in [2.45, 2.75) is 6.42 Å². The van der Waals surface area contributed by atoms with Crippen LogP contribution < -0.4 is 0 Å². The first-order valence-corrected chi connectivity index (χ1v) is 7.95. The Hall–Kier alpha value is -2.32. The van der Waals surface area contributed by atoms with Crippen molar-refractivity contribution in [1.82, 2.24) is 14.9 Å². The van der Waals surface area contributed by atoms with Crippen LogP contribution in [0.1, 0.15) is 12.0 Å². The van der Waals surface area contributed by atoms with Gasteiger partial charge >= 0.3 is 5.97 Å². The molecule has 0 atom stereocenters. The van der Waals surface area contributed by atoms with Gasteiger partial charge in [0.05, 0.1) is 22.4 Å². The van der Waals surface area contributed by atoms with Gasteiger partial charge in [-0.1, -0.05) is 36.1 Å². The molecule has 1 amide bonds. The molecule has 0 saturated carbocycles. The highest BCUT2D eigenvalue weighted by Gasteiger charge is 2.32. The van der Waals surface area contributed by atoms with Crippen molar-refractivity contribution in [3.63, 3.8) is 0 Å². The second-order valence-corrected chi connectivity index (χ2v) is 6.42. The Morgan fingerprint density at radius 3 is 2.91 bits per heavy atom. The molecule has 1 fully saturated rings. The fraction of sp³-hybridized carbons (Fsp3) is 0.133. The van der Waals surface area contributed by atoms with E-state index in [4.69, 9.17) is 17.3 Å². The number of carboxylic acids is 1. The third kappa shape index (κ3) is 3.22. The first-order chi connectivity index (χ1) is 11.1. The highest BCUT2D eigenvalue weighted by molar-refractivity contribution is 8.26. The molecule has 1 saturated heterocycles. The molecule has 2 heterocycles. The van der Waals surface area contributed by atoms with Gasteiger partial charge in [-0.05, 0) is 12.1 Å². The van der Waals surface area contributed by atoms with E-state index in [-0.39, 0.29) is 18.9 Å². The number of hydrogen-bond acceptors (Lipinski definition) is 6. The molecule has 116 valence electrons. The molecule has 6 nitrogen and oxygen atoms in total. The predicted molar refractivity (Wildman–Crippen MR) is 91.7 cm³/mol. The van der Waals surface area contributed by atoms with Gasteiger partial charge in [-0.15, -0.1) is 0 Å². The summed E-state index contributed by atoms with van der Waals surface area (Å²) in [6, 6.07) is 5.53. The molecule has 1 aromatic heterocycles. The second kappa shape index (κ2) is 6.43. The zero-order valence-electron chi connectivity index (χ0n) is 11.8. The lowest BCUT2D eigenvalue weighted by Crippen LogP contribution is -2.30. The van der Waals surface area contributed by atoms with Crippen molar-refractivity contribution < 1.29 is 14.7 Å². The van der Waals surface area contributed by atoms with E-state index in [1.807, 2.05) is 18.2 Å². The minimum atomic E-state index is -0.965. The third-order valence-electron chi connectivity index (χ3n) is 3.24. The average molecular weight is 345 g/mol. The Morgan fingerprint density at radius 2 is 2.13 bits per heavy atom. The van der Waals surface area contributed by atoms with Crippen LogP contribution >= 0.6 is 24.0 Å². The van der Waals surface area contributed by atoms with E-state index in [0.717, 1.165) is 22.8 Å². The minimum Gasteiger partial charge on any atom is -0.481 e. The maximum Gasteiger partial charge on any atom is 0.305 e. The number of carbonyl (C=O) groups is 2. The molecular weight excluding hydrogens is 334 g/mol. The van der Waals surface area contributed by atoms with Crippen LogP contribution in [0.2, 0.25) is 0 Å². The van der Waals surface area contributed by atoms with Crippen LogP contribution in [0.3, 0.4) is 0 Å². The lowest BCUT2D eigenvalue weighted by atomic mass is 10.1. The first-order valence-electron chi connectivity index (χ1n) is 6.73. The first kappa shape index (κ1) is 15.6. The predicted octanol–water partition coefficient (Wildman–Crippen LogP) is 2.31. The monoisotopic (exact) mass is 345 g/mol. The number of thioether (sulfide) groups is 1. The number of nitrogens with zero attached hydrogens (tertiary/aromatic N) is 3. The number of benzene rings is 1. The van der Waals surface area contributed by atoms with Gasteiger partial charge in [-0.2, -0.15) is 0 Å². The molecule has 1 aromatic carbocycles. The van der Waals surface area contributed by atoms with Crippen molar-refractivity contribution in [2.75, 3.05) is 6.54 Å². The quantitative estimate of drug-likeness (QED) is 0.672. The zero-order valence-corrected chi connectivity index (χ0v) is 13.4. The summed E-state index contributed by atoms with van der Waals surface area (Å²) in [6.07, 6.45) is 4.78. The smallest absolute Gasteiger partial charge is 0.305 e. The fourth-order valence-electron chi connectivity index (χ4n) is 2.17. The number of carboxylic acid groups (broad SMARTS) is 1. The molecule has 1 aliphatic heterocycles. The Morgan fingerprint density at radius 1 is 1.35 bits per heavy atom. The Balaban J connectivity index is 1.92. The summed E-state index contributed by atoms with van der Waals surface area (Å²) in [6.45, 7) is 0.0761. The largest absolute Gasteiger partial charge is 0.481 e. The molecule has 0 aliphatic carbocycles. The lowest BCUT2D eigenvalue weighted by Gasteiger charge is -2.12. The van der Waals surface area contributed by atoms with Crippen LogP contribution in [0, 0.1) is 0 Å². The SMILES string of the molecule is O=C(O)CCN1C(=O)/C(=C/c2cccc3nccnc23)SC1=S. The summed E-state index contributed by atoms with van der Waals surface area (Å²) in [7, 11) is 0. The van der Waals surface area contributed by atoms with Gasteiger partial charge in [0.25, 0.3) is 5.91 Å². The van der Waals surface area contributed by atoms with Crippen molar-refractivity contribution in [1.29, 1.82) is 0 Å². The maximum atomic E-state index is 12.4. The Kier molecular flexibility index (Phi) is 4.35. The number of hydrogen-bond donors (Lipinski definition) is 1. The summed E-state index contributed by atoms with van der Waals surface area (Å²) in [5.41, 5.74) is 2.21. The standard InChI is InChI=1S/C15H11N3O3S2/c19-12(20)4-7-18-14(21)11(23-15(18)22)8-9-2-1-3-10-13(9)17-6-5-16-10/h1-3,5-6,8H,4,7H2,(H,19,20)/b11-8-. The maximum absolute atomic E-state index is 12.4. The van der Waals surface area contributed by atoms with Crippen LogP contribution in [-0.4, -0.2) is 42.7 Å². The van der Waals surface area contributed by atoms with Gasteiger partial charge in [-0.25, -0.2) is 0 Å². The highest BCUT2D eigenvalue weighted by Crippen LogP contribution is 2.33. The van der Waals surface area contributed by atoms with Crippen LogP contribution in [0.5, 0.6) is 0 Å². The molecule has 0 radical (unpaired) electrons. The number of fused-ring (bicyclic) bond motifs is 1. The number of thiocarbonyl (C=S) groups is 1. The van der Waals surface area contributed by atoms with E-state index in [1.165, 1.54) is 4.90 Å². The minimum absolute atomic E-state index is 0.0761. The molecule has 1 aliphatic rings. The molecule has 0 spiro atoms. The molecule has 8 heteroatoms. The van der Waals surface area contributed by atoms with Crippen LogP contribution in [-0.2, 0) is 9.59 Å². The number of aliphatic carboxylic acids is 1. The van der Waals surface area contributed by atoms with E-state index >= 15 is 0 Å². The van der Waals surface area contributed by atoms with Crippen molar-refractivity contribution in [3.05, 3.63) is 41.1 Å². The third-order valence-corrected chi connectivity index (χ3v) is 4.62. The van der Waals surface area contributed by atoms with Gasteiger partial charge in [-0.3, -0.25) is 24.5 Å². The van der Waals surface area contributed by atoms with E-state index < -0.39 is 5.97 Å². The van der Waals surface area contributed by atoms with Crippen LogP contribution in [0.25, 0.3) is 17.1 Å². The van der Waals surface area contributed by atoms with Crippen LogP contribution in [0.4, 0.5) is 0 Å². The summed E-state index contributed by atoms with van der Waals surface area (Å²) in [5.74, 6) is -1.24. The number of aromatic nitrogens is 2. The zero-order chi connectivity index (χ0) is 16.4. The van der Waals surface area contributed by atoms with Crippen molar-refractivity contribution in [3.8, 4) is 0 Å². The van der Waals surface area contributed by atoms with Gasteiger partial charge in [0, 0.05) is 24.5 Å². The lowest BCUT2D eigenvalue weighted by molar-refractivity contribution is -0.137. The van der Waals surface area contributed by atoms with Crippen LogP contribution in [0.15, 0.2) is 35.5 Å². The van der Waals surface area contributed by atoms with Gasteiger partial charge in [0.1, 0.15) is 4.32 Å². The van der Waals surface area contributed by atoms with E-state index in [2.05, 4.69) is 9.97 Å². The van der Waals surface area contributed by atoms with E-state index in [0.29, 0.717) is 14.7 Å². The molecule has 2 aromatic rings. The van der Waals surface area contributed by atoms with E-state index in [9.17, 15) is 9.59 Å². The van der Waals surface area contributed by atoms with Gasteiger partial charge < -0.3 is 5.11 Å².